The van der Waals surface area contributed by atoms with Crippen molar-refractivity contribution < 1.29 is 9.47 Å². The summed E-state index contributed by atoms with van der Waals surface area (Å²) in [6.07, 6.45) is 2.98. The highest BCUT2D eigenvalue weighted by Gasteiger charge is 2.20. The van der Waals surface area contributed by atoms with E-state index in [1.54, 1.807) is 6.20 Å². The second-order valence-corrected chi connectivity index (χ2v) is 3.81. The molecule has 0 amide bonds. The van der Waals surface area contributed by atoms with Crippen LogP contribution in [0.15, 0.2) is 17.0 Å². The van der Waals surface area contributed by atoms with E-state index < -0.39 is 0 Å². The lowest BCUT2D eigenvalue weighted by molar-refractivity contribution is -0.593. The van der Waals surface area contributed by atoms with Crippen molar-refractivity contribution in [1.82, 2.24) is 4.98 Å². The SMILES string of the molecule is [O-][n+]1cc(Br)ncc1N1CCOCC1. The average Bonchev–Trinajstić information content (AvgIpc) is 2.19. The van der Waals surface area contributed by atoms with Crippen LogP contribution in [0.25, 0.3) is 0 Å². The van der Waals surface area contributed by atoms with E-state index in [-0.39, 0.29) is 0 Å². The lowest BCUT2D eigenvalue weighted by Crippen LogP contribution is -2.44. The van der Waals surface area contributed by atoms with Crippen molar-refractivity contribution in [3.05, 3.63) is 22.2 Å². The van der Waals surface area contributed by atoms with E-state index in [2.05, 4.69) is 20.9 Å². The first-order valence-electron chi connectivity index (χ1n) is 4.35. The Kier molecular flexibility index (Phi) is 2.83. The Balaban J connectivity index is 2.22. The average molecular weight is 260 g/mol. The zero-order valence-corrected chi connectivity index (χ0v) is 9.11. The van der Waals surface area contributed by atoms with Crippen LogP contribution < -0.4 is 9.63 Å². The van der Waals surface area contributed by atoms with Gasteiger partial charge in [-0.1, -0.05) is 0 Å². The Morgan fingerprint density at radius 3 is 2.86 bits per heavy atom. The van der Waals surface area contributed by atoms with E-state index in [0.717, 1.165) is 17.8 Å². The molecule has 1 aromatic heterocycles. The van der Waals surface area contributed by atoms with Gasteiger partial charge in [0.15, 0.2) is 0 Å². The van der Waals surface area contributed by atoms with Gasteiger partial charge in [-0.15, -0.1) is 0 Å². The van der Waals surface area contributed by atoms with Crippen molar-refractivity contribution in [2.45, 2.75) is 0 Å². The molecule has 5 nitrogen and oxygen atoms in total. The minimum absolute atomic E-state index is 0.546. The van der Waals surface area contributed by atoms with Crippen LogP contribution in [0.2, 0.25) is 0 Å². The van der Waals surface area contributed by atoms with Crippen molar-refractivity contribution in [2.75, 3.05) is 31.2 Å². The highest BCUT2D eigenvalue weighted by Crippen LogP contribution is 2.11. The number of hydrogen-bond donors (Lipinski definition) is 0. The van der Waals surface area contributed by atoms with E-state index in [0.29, 0.717) is 23.6 Å². The fraction of sp³-hybridized carbons (Fsp3) is 0.500. The molecule has 1 fully saturated rings. The molecule has 0 spiro atoms. The molecule has 0 saturated carbocycles. The van der Waals surface area contributed by atoms with E-state index in [1.165, 1.54) is 6.20 Å². The number of anilines is 1. The number of ether oxygens (including phenoxy) is 1. The number of aromatic nitrogens is 2. The minimum Gasteiger partial charge on any atom is -0.710 e. The first-order chi connectivity index (χ1) is 6.77. The molecule has 1 saturated heterocycles. The quantitative estimate of drug-likeness (QED) is 0.539. The van der Waals surface area contributed by atoms with Crippen LogP contribution in [0.5, 0.6) is 0 Å². The van der Waals surface area contributed by atoms with Crippen molar-refractivity contribution in [3.63, 3.8) is 0 Å². The normalized spacial score (nSPS) is 17.1. The summed E-state index contributed by atoms with van der Waals surface area (Å²) in [5.41, 5.74) is 0. The second kappa shape index (κ2) is 4.10. The molecule has 14 heavy (non-hydrogen) atoms. The van der Waals surface area contributed by atoms with Crippen LogP contribution in [-0.4, -0.2) is 31.3 Å². The third-order valence-electron chi connectivity index (χ3n) is 2.09. The van der Waals surface area contributed by atoms with Gasteiger partial charge in [-0.2, -0.15) is 0 Å². The van der Waals surface area contributed by atoms with Gasteiger partial charge in [0, 0.05) is 0 Å². The maximum Gasteiger partial charge on any atom is 0.298 e. The molecular formula is C8H10BrN3O2. The van der Waals surface area contributed by atoms with Crippen LogP contribution >= 0.6 is 15.9 Å². The van der Waals surface area contributed by atoms with Crippen LogP contribution in [0, 0.1) is 5.21 Å². The van der Waals surface area contributed by atoms with Crippen LogP contribution in [0.4, 0.5) is 5.82 Å². The van der Waals surface area contributed by atoms with Gasteiger partial charge in [0.2, 0.25) is 0 Å². The lowest BCUT2D eigenvalue weighted by Gasteiger charge is -2.23. The summed E-state index contributed by atoms with van der Waals surface area (Å²) in [4.78, 5) is 6.00. The Morgan fingerprint density at radius 1 is 1.50 bits per heavy atom. The maximum absolute atomic E-state index is 11.5. The predicted octanol–water partition coefficient (Wildman–Crippen LogP) is 0.314. The molecule has 0 radical (unpaired) electrons. The third-order valence-corrected chi connectivity index (χ3v) is 2.50. The van der Waals surface area contributed by atoms with Gasteiger partial charge in [0.25, 0.3) is 5.82 Å². The monoisotopic (exact) mass is 259 g/mol. The van der Waals surface area contributed by atoms with Gasteiger partial charge in [-0.25, -0.2) is 9.71 Å². The standard InChI is InChI=1S/C8H10BrN3O2/c9-7-6-12(13)8(5-10-7)11-1-3-14-4-2-11/h5-6H,1-4H2. The molecule has 1 aliphatic rings. The van der Waals surface area contributed by atoms with Gasteiger partial charge in [0.1, 0.15) is 30.1 Å². The topological polar surface area (TPSA) is 52.3 Å². The summed E-state index contributed by atoms with van der Waals surface area (Å²) in [5, 5.41) is 11.5. The number of nitrogens with zero attached hydrogens (tertiary/aromatic N) is 3. The number of morpholine rings is 1. The molecule has 0 unspecified atom stereocenters. The smallest absolute Gasteiger partial charge is 0.298 e. The second-order valence-electron chi connectivity index (χ2n) is 2.99. The molecule has 76 valence electrons. The molecule has 0 bridgehead atoms. The van der Waals surface area contributed by atoms with Crippen molar-refractivity contribution >= 4 is 21.7 Å². The summed E-state index contributed by atoms with van der Waals surface area (Å²) in [7, 11) is 0. The summed E-state index contributed by atoms with van der Waals surface area (Å²) >= 11 is 3.15. The van der Waals surface area contributed by atoms with E-state index in [9.17, 15) is 5.21 Å². The number of hydrogen-bond acceptors (Lipinski definition) is 4. The van der Waals surface area contributed by atoms with Crippen molar-refractivity contribution in [1.29, 1.82) is 0 Å². The van der Waals surface area contributed by atoms with E-state index in [1.807, 2.05) is 4.90 Å². The largest absolute Gasteiger partial charge is 0.710 e. The van der Waals surface area contributed by atoms with E-state index in [4.69, 9.17) is 4.74 Å². The molecular weight excluding hydrogens is 250 g/mol. The number of rotatable bonds is 1. The summed E-state index contributed by atoms with van der Waals surface area (Å²) in [5.74, 6) is 0.580. The molecule has 1 aliphatic heterocycles. The van der Waals surface area contributed by atoms with Gasteiger partial charge < -0.3 is 9.94 Å². The molecule has 2 rings (SSSR count). The van der Waals surface area contributed by atoms with Gasteiger partial charge in [-0.05, 0) is 15.9 Å². The Bertz CT molecular complexity index is 328. The molecule has 0 atom stereocenters. The van der Waals surface area contributed by atoms with Crippen LogP contribution in [-0.2, 0) is 4.74 Å². The molecule has 2 heterocycles. The first-order valence-corrected chi connectivity index (χ1v) is 5.14. The maximum atomic E-state index is 11.5. The number of halogens is 1. The van der Waals surface area contributed by atoms with Gasteiger partial charge in [-0.3, -0.25) is 4.90 Å². The highest BCUT2D eigenvalue weighted by molar-refractivity contribution is 9.10. The van der Waals surface area contributed by atoms with Gasteiger partial charge in [0.05, 0.1) is 13.2 Å². The zero-order chi connectivity index (χ0) is 9.97. The van der Waals surface area contributed by atoms with E-state index >= 15 is 0 Å². The lowest BCUT2D eigenvalue weighted by atomic mass is 10.4. The Labute approximate surface area is 90.0 Å². The van der Waals surface area contributed by atoms with Crippen molar-refractivity contribution in [2.24, 2.45) is 0 Å². The first kappa shape index (κ1) is 9.67. The molecule has 6 heteroatoms. The van der Waals surface area contributed by atoms with Crippen molar-refractivity contribution in [3.8, 4) is 0 Å². The zero-order valence-electron chi connectivity index (χ0n) is 7.52. The minimum atomic E-state index is 0.546. The highest BCUT2D eigenvalue weighted by atomic mass is 79.9. The summed E-state index contributed by atoms with van der Waals surface area (Å²) in [6, 6.07) is 0. The third kappa shape index (κ3) is 1.96. The fourth-order valence-electron chi connectivity index (χ4n) is 1.39. The van der Waals surface area contributed by atoms with Crippen LogP contribution in [0.3, 0.4) is 0 Å². The molecule has 1 aromatic rings. The summed E-state index contributed by atoms with van der Waals surface area (Å²) < 4.78 is 6.57. The molecule has 0 aliphatic carbocycles. The molecule has 0 aromatic carbocycles. The Morgan fingerprint density at radius 2 is 2.21 bits per heavy atom. The van der Waals surface area contributed by atoms with Gasteiger partial charge >= 0.3 is 0 Å². The predicted molar refractivity (Wildman–Crippen MR) is 53.9 cm³/mol. The molecule has 0 N–H and O–H groups in total. The van der Waals surface area contributed by atoms with Crippen LogP contribution in [0.1, 0.15) is 0 Å². The fourth-order valence-corrected chi connectivity index (χ4v) is 1.67. The Hall–Kier alpha value is -0.880. The summed E-state index contributed by atoms with van der Waals surface area (Å²) in [6.45, 7) is 2.81.